The molecule has 0 saturated carbocycles. The molecule has 0 bridgehead atoms. The van der Waals surface area contributed by atoms with E-state index in [1.54, 1.807) is 0 Å². The van der Waals surface area contributed by atoms with Crippen LogP contribution < -0.4 is 5.73 Å². The number of esters is 1. The van der Waals surface area contributed by atoms with Crippen molar-refractivity contribution in [3.63, 3.8) is 0 Å². The number of hydrogen-bond donors (Lipinski definition) is 1. The lowest BCUT2D eigenvalue weighted by atomic mass is 10.4. The van der Waals surface area contributed by atoms with E-state index in [4.69, 9.17) is 5.73 Å². The molecule has 0 amide bonds. The van der Waals surface area contributed by atoms with Gasteiger partial charge in [-0.05, 0) is 6.07 Å². The summed E-state index contributed by atoms with van der Waals surface area (Å²) in [5.74, 6) is -0.609. The van der Waals surface area contributed by atoms with Gasteiger partial charge >= 0.3 is 12.1 Å². The quantitative estimate of drug-likeness (QED) is 0.646. The monoisotopic (exact) mass is 266 g/mol. The van der Waals surface area contributed by atoms with Crippen LogP contribution in [0.4, 0.5) is 18.9 Å². The van der Waals surface area contributed by atoms with Gasteiger partial charge in [0.25, 0.3) is 0 Å². The van der Waals surface area contributed by atoms with Crippen LogP contribution in [-0.2, 0) is 16.0 Å². The van der Waals surface area contributed by atoms with E-state index in [-0.39, 0.29) is 18.8 Å². The zero-order valence-corrected chi connectivity index (χ0v) is 9.66. The molecule has 0 atom stereocenters. The maximum absolute atomic E-state index is 11.8. The molecule has 0 aliphatic heterocycles. The molecule has 102 valence electrons. The lowest BCUT2D eigenvalue weighted by Gasteiger charge is -2.09. The number of rotatable bonds is 5. The fraction of sp³-hybridized carbons (Fsp3) is 0.500. The van der Waals surface area contributed by atoms with Gasteiger partial charge in [0.1, 0.15) is 12.3 Å². The van der Waals surface area contributed by atoms with Gasteiger partial charge in [0.05, 0.1) is 19.4 Å². The SMILES string of the molecule is COC(=O)c1cc(N)cn1CCOCC(F)(F)F. The Morgan fingerprint density at radius 1 is 1.50 bits per heavy atom. The molecule has 0 saturated heterocycles. The first kappa shape index (κ1) is 14.4. The number of nitrogen functional groups attached to an aromatic ring is 1. The Bertz CT molecular complexity index is 415. The van der Waals surface area contributed by atoms with Gasteiger partial charge in [0.2, 0.25) is 0 Å². The zero-order valence-electron chi connectivity index (χ0n) is 9.66. The third kappa shape index (κ3) is 4.28. The average Bonchev–Trinajstić information content (AvgIpc) is 2.63. The standard InChI is InChI=1S/C10H13F3N2O3/c1-17-9(16)8-4-7(14)5-15(8)2-3-18-6-10(11,12)13/h4-5H,2-3,6,14H2,1H3. The van der Waals surface area contributed by atoms with Crippen LogP contribution in [0.1, 0.15) is 10.5 Å². The third-order valence-corrected chi connectivity index (χ3v) is 2.05. The van der Waals surface area contributed by atoms with Crippen LogP contribution in [0.2, 0.25) is 0 Å². The lowest BCUT2D eigenvalue weighted by Crippen LogP contribution is -2.20. The van der Waals surface area contributed by atoms with Crippen molar-refractivity contribution in [2.75, 3.05) is 26.1 Å². The second-order valence-corrected chi connectivity index (χ2v) is 3.51. The minimum Gasteiger partial charge on any atom is -0.464 e. The van der Waals surface area contributed by atoms with Crippen molar-refractivity contribution >= 4 is 11.7 Å². The molecule has 0 aromatic carbocycles. The normalized spacial score (nSPS) is 11.6. The summed E-state index contributed by atoms with van der Waals surface area (Å²) in [4.78, 5) is 11.3. The van der Waals surface area contributed by atoms with Gasteiger partial charge in [-0.2, -0.15) is 13.2 Å². The minimum absolute atomic E-state index is 0.0811. The largest absolute Gasteiger partial charge is 0.464 e. The second-order valence-electron chi connectivity index (χ2n) is 3.51. The highest BCUT2D eigenvalue weighted by Crippen LogP contribution is 2.15. The molecule has 5 nitrogen and oxygen atoms in total. The Morgan fingerprint density at radius 3 is 2.72 bits per heavy atom. The van der Waals surface area contributed by atoms with E-state index in [1.165, 1.54) is 23.9 Å². The Balaban J connectivity index is 2.54. The molecule has 1 aromatic heterocycles. The minimum atomic E-state index is -4.36. The second kappa shape index (κ2) is 5.76. The maximum Gasteiger partial charge on any atom is 0.411 e. The third-order valence-electron chi connectivity index (χ3n) is 2.05. The van der Waals surface area contributed by atoms with Crippen LogP contribution in [0, 0.1) is 0 Å². The first-order valence-electron chi connectivity index (χ1n) is 5.02. The van der Waals surface area contributed by atoms with Gasteiger partial charge < -0.3 is 19.8 Å². The lowest BCUT2D eigenvalue weighted by molar-refractivity contribution is -0.174. The number of aromatic nitrogens is 1. The van der Waals surface area contributed by atoms with Gasteiger partial charge in [-0.3, -0.25) is 0 Å². The molecule has 0 aliphatic carbocycles. The van der Waals surface area contributed by atoms with E-state index in [1.807, 2.05) is 0 Å². The molecule has 1 aromatic rings. The highest BCUT2D eigenvalue weighted by Gasteiger charge is 2.27. The summed E-state index contributed by atoms with van der Waals surface area (Å²) in [5.41, 5.74) is 5.99. The van der Waals surface area contributed by atoms with E-state index in [0.29, 0.717) is 5.69 Å². The average molecular weight is 266 g/mol. The number of methoxy groups -OCH3 is 1. The number of anilines is 1. The predicted octanol–water partition coefficient (Wildman–Crippen LogP) is 1.44. The van der Waals surface area contributed by atoms with Crippen molar-refractivity contribution in [3.05, 3.63) is 18.0 Å². The highest BCUT2D eigenvalue weighted by molar-refractivity contribution is 5.88. The van der Waals surface area contributed by atoms with Crippen molar-refractivity contribution in [1.82, 2.24) is 4.57 Å². The van der Waals surface area contributed by atoms with Gasteiger partial charge in [0, 0.05) is 12.7 Å². The van der Waals surface area contributed by atoms with Crippen molar-refractivity contribution in [3.8, 4) is 0 Å². The summed E-state index contributed by atoms with van der Waals surface area (Å²) in [6, 6.07) is 1.38. The Hall–Kier alpha value is -1.70. The number of nitrogens with two attached hydrogens (primary N) is 1. The van der Waals surface area contributed by atoms with E-state index in [2.05, 4.69) is 9.47 Å². The van der Waals surface area contributed by atoms with E-state index >= 15 is 0 Å². The summed E-state index contributed by atoms with van der Waals surface area (Å²) in [5, 5.41) is 0. The summed E-state index contributed by atoms with van der Waals surface area (Å²) in [6.07, 6.45) is -2.93. The molecule has 8 heteroatoms. The van der Waals surface area contributed by atoms with Gasteiger partial charge in [-0.1, -0.05) is 0 Å². The van der Waals surface area contributed by atoms with Crippen LogP contribution in [0.25, 0.3) is 0 Å². The van der Waals surface area contributed by atoms with Gasteiger partial charge in [-0.15, -0.1) is 0 Å². The molecule has 18 heavy (non-hydrogen) atoms. The van der Waals surface area contributed by atoms with E-state index in [9.17, 15) is 18.0 Å². The number of carbonyl (C=O) groups is 1. The van der Waals surface area contributed by atoms with Crippen molar-refractivity contribution in [2.24, 2.45) is 0 Å². The Labute approximate surface area is 101 Å². The highest BCUT2D eigenvalue weighted by atomic mass is 19.4. The number of hydrogen-bond acceptors (Lipinski definition) is 4. The van der Waals surface area contributed by atoms with Crippen molar-refractivity contribution < 1.29 is 27.4 Å². The number of carbonyl (C=O) groups excluding carboxylic acids is 1. The topological polar surface area (TPSA) is 66.5 Å². The van der Waals surface area contributed by atoms with E-state index in [0.717, 1.165) is 0 Å². The Kier molecular flexibility index (Phi) is 4.60. The maximum atomic E-state index is 11.8. The van der Waals surface area contributed by atoms with E-state index < -0.39 is 18.8 Å². The Morgan fingerprint density at radius 2 is 2.17 bits per heavy atom. The van der Waals surface area contributed by atoms with Crippen LogP contribution in [0.3, 0.4) is 0 Å². The molecule has 2 N–H and O–H groups in total. The molecular weight excluding hydrogens is 253 g/mol. The first-order chi connectivity index (χ1) is 8.33. The molecule has 1 rings (SSSR count). The van der Waals surface area contributed by atoms with Gasteiger partial charge in [0.15, 0.2) is 0 Å². The zero-order chi connectivity index (χ0) is 13.8. The molecule has 1 heterocycles. The summed E-state index contributed by atoms with van der Waals surface area (Å²) in [7, 11) is 1.20. The molecule has 0 unspecified atom stereocenters. The molecule has 0 fully saturated rings. The van der Waals surface area contributed by atoms with Crippen LogP contribution in [0.15, 0.2) is 12.3 Å². The van der Waals surface area contributed by atoms with Gasteiger partial charge in [-0.25, -0.2) is 4.79 Å². The summed E-state index contributed by atoms with van der Waals surface area (Å²) < 4.78 is 45.8. The molecule has 0 radical (unpaired) electrons. The molecule has 0 aliphatic rings. The fourth-order valence-electron chi connectivity index (χ4n) is 1.34. The van der Waals surface area contributed by atoms with Crippen LogP contribution in [0.5, 0.6) is 0 Å². The van der Waals surface area contributed by atoms with Crippen molar-refractivity contribution in [2.45, 2.75) is 12.7 Å². The number of ether oxygens (including phenoxy) is 2. The smallest absolute Gasteiger partial charge is 0.411 e. The summed E-state index contributed by atoms with van der Waals surface area (Å²) in [6.45, 7) is -1.42. The first-order valence-corrected chi connectivity index (χ1v) is 5.02. The van der Waals surface area contributed by atoms with Crippen molar-refractivity contribution in [1.29, 1.82) is 0 Å². The summed E-state index contributed by atoms with van der Waals surface area (Å²) >= 11 is 0. The molecular formula is C10H13F3N2O3. The number of alkyl halides is 3. The van der Waals surface area contributed by atoms with Crippen LogP contribution in [-0.4, -0.2) is 37.0 Å². The number of nitrogens with zero attached hydrogens (tertiary/aromatic N) is 1. The predicted molar refractivity (Wildman–Crippen MR) is 57.1 cm³/mol. The number of halogens is 3. The van der Waals surface area contributed by atoms with Crippen LogP contribution >= 0.6 is 0 Å². The fourth-order valence-corrected chi connectivity index (χ4v) is 1.34. The molecule has 0 spiro atoms.